The maximum Gasteiger partial charge on any atom is 0.127 e. The number of ether oxygens (including phenoxy) is 1. The summed E-state index contributed by atoms with van der Waals surface area (Å²) < 4.78 is 6.67. The molecule has 0 fully saturated rings. The van der Waals surface area contributed by atoms with Crippen LogP contribution >= 0.6 is 0 Å². The van der Waals surface area contributed by atoms with Gasteiger partial charge in [0, 0.05) is 11.0 Å². The second-order valence-corrected chi connectivity index (χ2v) is 8.38. The van der Waals surface area contributed by atoms with E-state index in [9.17, 15) is 5.11 Å². The van der Waals surface area contributed by atoms with E-state index in [1.807, 2.05) is 13.8 Å². The summed E-state index contributed by atoms with van der Waals surface area (Å²) >= 11 is 0. The van der Waals surface area contributed by atoms with Crippen LogP contribution in [0.4, 0.5) is 0 Å². The van der Waals surface area contributed by atoms with Gasteiger partial charge in [0.25, 0.3) is 0 Å². The van der Waals surface area contributed by atoms with Crippen LogP contribution in [0.2, 0.25) is 0 Å². The van der Waals surface area contributed by atoms with E-state index in [-0.39, 0.29) is 11.0 Å². The summed E-state index contributed by atoms with van der Waals surface area (Å²) in [6.45, 7) is 17.3. The number of hydrogen-bond donors (Lipinski definition) is 1. The standard InChI is InChI=1S/C22H34O2/c1-9-14(2)10-12-21(6,7)22(8)13-11-18-17(5)19(23)15(3)16(4)20(18)24-22/h9,23H,10-13H2,1-8H3/b14-9-. The molecule has 1 N–H and O–H groups in total. The van der Waals surface area contributed by atoms with Gasteiger partial charge in [0.05, 0.1) is 0 Å². The zero-order valence-electron chi connectivity index (χ0n) is 16.8. The molecular formula is C22H34O2. The van der Waals surface area contributed by atoms with Crippen molar-refractivity contribution < 1.29 is 9.84 Å². The van der Waals surface area contributed by atoms with Crippen LogP contribution in [0.5, 0.6) is 11.5 Å². The molecule has 24 heavy (non-hydrogen) atoms. The van der Waals surface area contributed by atoms with Gasteiger partial charge in [-0.3, -0.25) is 0 Å². The molecule has 1 aromatic carbocycles. The average molecular weight is 331 g/mol. The van der Waals surface area contributed by atoms with E-state index in [2.05, 4.69) is 47.6 Å². The first-order chi connectivity index (χ1) is 11.0. The second kappa shape index (κ2) is 6.46. The van der Waals surface area contributed by atoms with E-state index in [1.165, 1.54) is 11.1 Å². The molecule has 134 valence electrons. The molecule has 0 aromatic heterocycles. The molecule has 0 bridgehead atoms. The summed E-state index contributed by atoms with van der Waals surface area (Å²) in [5.74, 6) is 1.44. The third-order valence-electron chi connectivity index (χ3n) is 6.59. The average Bonchev–Trinajstić information content (AvgIpc) is 2.55. The van der Waals surface area contributed by atoms with Gasteiger partial charge in [0.15, 0.2) is 0 Å². The lowest BCUT2D eigenvalue weighted by atomic mass is 9.68. The predicted molar refractivity (Wildman–Crippen MR) is 102 cm³/mol. The summed E-state index contributed by atoms with van der Waals surface area (Å²) in [6.07, 6.45) is 6.39. The summed E-state index contributed by atoms with van der Waals surface area (Å²) in [6, 6.07) is 0. The maximum atomic E-state index is 10.3. The minimum atomic E-state index is -0.186. The number of allylic oxidation sites excluding steroid dienone is 2. The van der Waals surface area contributed by atoms with Crippen molar-refractivity contribution in [3.63, 3.8) is 0 Å². The van der Waals surface area contributed by atoms with E-state index in [4.69, 9.17) is 4.74 Å². The number of fused-ring (bicyclic) bond motifs is 1. The number of phenols is 1. The van der Waals surface area contributed by atoms with Gasteiger partial charge in [-0.25, -0.2) is 0 Å². The highest BCUT2D eigenvalue weighted by Crippen LogP contribution is 2.49. The highest BCUT2D eigenvalue weighted by molar-refractivity contribution is 5.58. The molecule has 2 rings (SSSR count). The smallest absolute Gasteiger partial charge is 0.127 e. The third-order valence-corrected chi connectivity index (χ3v) is 6.59. The Balaban J connectivity index is 2.37. The Hall–Kier alpha value is -1.44. The van der Waals surface area contributed by atoms with Crippen LogP contribution in [-0.4, -0.2) is 10.7 Å². The number of aromatic hydroxyl groups is 1. The Kier molecular flexibility index (Phi) is 5.09. The first kappa shape index (κ1) is 18.9. The quantitative estimate of drug-likeness (QED) is 0.668. The van der Waals surface area contributed by atoms with Crippen molar-refractivity contribution in [2.24, 2.45) is 5.41 Å². The topological polar surface area (TPSA) is 29.5 Å². The van der Waals surface area contributed by atoms with E-state index in [0.717, 1.165) is 48.1 Å². The van der Waals surface area contributed by atoms with Crippen molar-refractivity contribution in [3.05, 3.63) is 33.9 Å². The van der Waals surface area contributed by atoms with Crippen LogP contribution < -0.4 is 4.74 Å². The van der Waals surface area contributed by atoms with Gasteiger partial charge >= 0.3 is 0 Å². The zero-order chi connectivity index (χ0) is 18.3. The number of phenolic OH excluding ortho intramolecular Hbond substituents is 1. The molecular weight excluding hydrogens is 296 g/mol. The molecule has 2 heteroatoms. The monoisotopic (exact) mass is 330 g/mol. The summed E-state index contributed by atoms with van der Waals surface area (Å²) in [5.41, 5.74) is 5.54. The van der Waals surface area contributed by atoms with Crippen LogP contribution in [0.1, 0.15) is 76.1 Å². The molecule has 0 radical (unpaired) electrons. The number of hydrogen-bond acceptors (Lipinski definition) is 2. The summed E-state index contributed by atoms with van der Waals surface area (Å²) in [5, 5.41) is 10.3. The molecule has 2 nitrogen and oxygen atoms in total. The fraction of sp³-hybridized carbons (Fsp3) is 0.636. The van der Waals surface area contributed by atoms with Gasteiger partial charge in [0.2, 0.25) is 0 Å². The lowest BCUT2D eigenvalue weighted by molar-refractivity contribution is -0.0482. The highest BCUT2D eigenvalue weighted by Gasteiger charge is 2.45. The van der Waals surface area contributed by atoms with Gasteiger partial charge < -0.3 is 9.84 Å². The van der Waals surface area contributed by atoms with Gasteiger partial charge in [-0.05, 0) is 83.9 Å². The van der Waals surface area contributed by atoms with E-state index in [0.29, 0.717) is 5.75 Å². The predicted octanol–water partition coefficient (Wildman–Crippen LogP) is 6.17. The fourth-order valence-corrected chi connectivity index (χ4v) is 3.64. The molecule has 1 unspecified atom stereocenters. The normalized spacial score (nSPS) is 21.4. The lowest BCUT2D eigenvalue weighted by Crippen LogP contribution is -2.49. The molecule has 0 saturated heterocycles. The molecule has 0 amide bonds. The van der Waals surface area contributed by atoms with Crippen molar-refractivity contribution in [2.75, 3.05) is 0 Å². The van der Waals surface area contributed by atoms with Crippen molar-refractivity contribution in [2.45, 2.75) is 86.7 Å². The van der Waals surface area contributed by atoms with Crippen molar-refractivity contribution in [1.29, 1.82) is 0 Å². The zero-order valence-corrected chi connectivity index (χ0v) is 16.8. The maximum absolute atomic E-state index is 10.3. The molecule has 1 heterocycles. The Morgan fingerprint density at radius 1 is 1.21 bits per heavy atom. The first-order valence-electron chi connectivity index (χ1n) is 9.16. The van der Waals surface area contributed by atoms with E-state index in [1.54, 1.807) is 0 Å². The van der Waals surface area contributed by atoms with Crippen molar-refractivity contribution >= 4 is 0 Å². The van der Waals surface area contributed by atoms with E-state index >= 15 is 0 Å². The first-order valence-corrected chi connectivity index (χ1v) is 9.16. The largest absolute Gasteiger partial charge is 0.507 e. The molecule has 1 aromatic rings. The Labute approximate surface area is 147 Å². The number of rotatable bonds is 4. The highest BCUT2D eigenvalue weighted by atomic mass is 16.5. The SMILES string of the molecule is C/C=C(/C)CCC(C)(C)C1(C)CCc2c(C)c(O)c(C)c(C)c2O1. The van der Waals surface area contributed by atoms with Gasteiger partial charge in [-0.2, -0.15) is 0 Å². The van der Waals surface area contributed by atoms with Gasteiger partial charge in [-0.1, -0.05) is 25.5 Å². The Bertz CT molecular complexity index is 667. The van der Waals surface area contributed by atoms with Crippen LogP contribution in [0.15, 0.2) is 11.6 Å². The fourth-order valence-electron chi connectivity index (χ4n) is 3.64. The van der Waals surface area contributed by atoms with Gasteiger partial charge in [0.1, 0.15) is 17.1 Å². The molecule has 1 aliphatic heterocycles. The molecule has 1 atom stereocenters. The second-order valence-electron chi connectivity index (χ2n) is 8.38. The Morgan fingerprint density at radius 2 is 1.83 bits per heavy atom. The molecule has 0 saturated carbocycles. The summed E-state index contributed by atoms with van der Waals surface area (Å²) in [7, 11) is 0. The van der Waals surface area contributed by atoms with Crippen LogP contribution in [0, 0.1) is 26.2 Å². The number of benzene rings is 1. The Morgan fingerprint density at radius 3 is 2.42 bits per heavy atom. The van der Waals surface area contributed by atoms with Gasteiger partial charge in [-0.15, -0.1) is 0 Å². The minimum absolute atomic E-state index is 0.0844. The van der Waals surface area contributed by atoms with Crippen molar-refractivity contribution in [1.82, 2.24) is 0 Å². The molecule has 1 aliphatic rings. The van der Waals surface area contributed by atoms with Crippen molar-refractivity contribution in [3.8, 4) is 11.5 Å². The molecule has 0 spiro atoms. The van der Waals surface area contributed by atoms with E-state index < -0.39 is 0 Å². The van der Waals surface area contributed by atoms with Crippen LogP contribution in [-0.2, 0) is 6.42 Å². The van der Waals surface area contributed by atoms with Crippen LogP contribution in [0.3, 0.4) is 0 Å². The molecule has 0 aliphatic carbocycles. The van der Waals surface area contributed by atoms with Crippen LogP contribution in [0.25, 0.3) is 0 Å². The third kappa shape index (κ3) is 3.08. The lowest BCUT2D eigenvalue weighted by Gasteiger charge is -2.48. The summed E-state index contributed by atoms with van der Waals surface area (Å²) in [4.78, 5) is 0. The minimum Gasteiger partial charge on any atom is -0.507 e.